The molecule has 1 N–H and O–H groups in total. The van der Waals surface area contributed by atoms with Crippen LogP contribution < -0.4 is 5.32 Å². The second kappa shape index (κ2) is 6.52. The Balaban J connectivity index is 1.73. The van der Waals surface area contributed by atoms with Gasteiger partial charge in [-0.05, 0) is 47.1 Å². The molecule has 2 aliphatic rings. The molecule has 0 amide bonds. The van der Waals surface area contributed by atoms with Crippen molar-refractivity contribution in [2.45, 2.75) is 63.8 Å². The Labute approximate surface area is 129 Å². The predicted octanol–water partition coefficient (Wildman–Crippen LogP) is 1.04. The summed E-state index contributed by atoms with van der Waals surface area (Å²) in [6.07, 6.45) is 3.45. The predicted molar refractivity (Wildman–Crippen MR) is 85.3 cm³/mol. The van der Waals surface area contributed by atoms with Crippen LogP contribution in [0.4, 0.5) is 0 Å². The normalized spacial score (nSPS) is 32.9. The van der Waals surface area contributed by atoms with E-state index in [0.29, 0.717) is 11.5 Å². The average Bonchev–Trinajstić information content (AvgIpc) is 2.92. The Morgan fingerprint density at radius 2 is 1.86 bits per heavy atom. The lowest BCUT2D eigenvalue weighted by Crippen LogP contribution is -2.42. The smallest absolute Gasteiger partial charge is 0.151 e. The molecule has 2 rings (SSSR count). The molecule has 124 valence electrons. The van der Waals surface area contributed by atoms with Gasteiger partial charge in [-0.15, -0.1) is 0 Å². The summed E-state index contributed by atoms with van der Waals surface area (Å²) in [5.74, 6) is 0.650. The molecule has 3 unspecified atom stereocenters. The van der Waals surface area contributed by atoms with Crippen molar-refractivity contribution in [3.63, 3.8) is 0 Å². The van der Waals surface area contributed by atoms with Crippen LogP contribution in [0.3, 0.4) is 0 Å². The van der Waals surface area contributed by atoms with E-state index in [0.717, 1.165) is 32.4 Å². The molecule has 2 aliphatic heterocycles. The van der Waals surface area contributed by atoms with Gasteiger partial charge in [0, 0.05) is 24.7 Å². The largest absolute Gasteiger partial charge is 0.372 e. The number of nitrogens with zero attached hydrogens (tertiary/aromatic N) is 1. The first-order valence-electron chi connectivity index (χ1n) is 7.96. The Hall–Kier alpha value is -0.170. The quantitative estimate of drug-likeness (QED) is 0.821. The van der Waals surface area contributed by atoms with Crippen LogP contribution in [-0.4, -0.2) is 68.7 Å². The molecule has 0 aliphatic carbocycles. The van der Waals surface area contributed by atoms with Crippen molar-refractivity contribution in [1.29, 1.82) is 0 Å². The van der Waals surface area contributed by atoms with E-state index in [1.165, 1.54) is 0 Å². The van der Waals surface area contributed by atoms with Crippen LogP contribution in [0.1, 0.15) is 40.0 Å². The highest BCUT2D eigenvalue weighted by atomic mass is 32.2. The zero-order chi connectivity index (χ0) is 15.7. The Bertz CT molecular complexity index is 444. The molecular formula is C15H30N2O3S. The van der Waals surface area contributed by atoms with E-state index in [2.05, 4.69) is 31.0 Å². The van der Waals surface area contributed by atoms with E-state index < -0.39 is 9.84 Å². The number of nitrogens with one attached hydrogen (secondary N) is 1. The monoisotopic (exact) mass is 318 g/mol. The maximum Gasteiger partial charge on any atom is 0.151 e. The molecule has 3 atom stereocenters. The fourth-order valence-electron chi connectivity index (χ4n) is 3.08. The molecule has 2 saturated heterocycles. The average molecular weight is 318 g/mol. The van der Waals surface area contributed by atoms with Crippen molar-refractivity contribution in [2.75, 3.05) is 31.6 Å². The lowest BCUT2D eigenvalue weighted by Gasteiger charge is -2.27. The van der Waals surface area contributed by atoms with E-state index in [-0.39, 0.29) is 23.8 Å². The van der Waals surface area contributed by atoms with Gasteiger partial charge in [-0.3, -0.25) is 4.90 Å². The third kappa shape index (κ3) is 5.51. The van der Waals surface area contributed by atoms with Gasteiger partial charge in [0.25, 0.3) is 0 Å². The van der Waals surface area contributed by atoms with Crippen molar-refractivity contribution in [2.24, 2.45) is 0 Å². The summed E-state index contributed by atoms with van der Waals surface area (Å²) in [6, 6.07) is 0.172. The van der Waals surface area contributed by atoms with E-state index in [1.807, 2.05) is 7.05 Å². The Morgan fingerprint density at radius 1 is 1.19 bits per heavy atom. The molecule has 0 saturated carbocycles. The summed E-state index contributed by atoms with van der Waals surface area (Å²) >= 11 is 0. The number of hydrogen-bond donors (Lipinski definition) is 1. The molecule has 5 nitrogen and oxygen atoms in total. The van der Waals surface area contributed by atoms with Crippen LogP contribution in [-0.2, 0) is 14.6 Å². The van der Waals surface area contributed by atoms with Crippen LogP contribution >= 0.6 is 0 Å². The summed E-state index contributed by atoms with van der Waals surface area (Å²) < 4.78 is 29.2. The number of likely N-dealkylation sites (N-methyl/N-ethyl adjacent to an activating group) is 1. The third-order valence-electron chi connectivity index (χ3n) is 4.38. The summed E-state index contributed by atoms with van der Waals surface area (Å²) in [6.45, 7) is 8.21. The highest BCUT2D eigenvalue weighted by molar-refractivity contribution is 7.91. The van der Waals surface area contributed by atoms with Crippen LogP contribution in [0.25, 0.3) is 0 Å². The first-order chi connectivity index (χ1) is 9.65. The van der Waals surface area contributed by atoms with Gasteiger partial charge in [-0.2, -0.15) is 0 Å². The molecule has 0 aromatic heterocycles. The van der Waals surface area contributed by atoms with Crippen LogP contribution in [0, 0.1) is 0 Å². The zero-order valence-corrected chi connectivity index (χ0v) is 14.6. The molecule has 0 aromatic carbocycles. The molecule has 0 spiro atoms. The minimum atomic E-state index is -2.80. The van der Waals surface area contributed by atoms with Crippen LogP contribution in [0.2, 0.25) is 0 Å². The Morgan fingerprint density at radius 3 is 2.43 bits per heavy atom. The lowest BCUT2D eigenvalue weighted by atomic mass is 10.1. The summed E-state index contributed by atoms with van der Waals surface area (Å²) in [4.78, 5) is 2.18. The van der Waals surface area contributed by atoms with Crippen molar-refractivity contribution >= 4 is 9.84 Å². The van der Waals surface area contributed by atoms with E-state index in [1.54, 1.807) is 0 Å². The van der Waals surface area contributed by atoms with Gasteiger partial charge in [0.2, 0.25) is 0 Å². The van der Waals surface area contributed by atoms with Crippen molar-refractivity contribution < 1.29 is 13.2 Å². The number of sulfone groups is 1. The van der Waals surface area contributed by atoms with Crippen LogP contribution in [0.15, 0.2) is 0 Å². The molecule has 2 fully saturated rings. The van der Waals surface area contributed by atoms with Crippen LogP contribution in [0.5, 0.6) is 0 Å². The van der Waals surface area contributed by atoms with Crippen molar-refractivity contribution in [3.05, 3.63) is 0 Å². The first-order valence-corrected chi connectivity index (χ1v) is 9.78. The van der Waals surface area contributed by atoms with Crippen molar-refractivity contribution in [3.8, 4) is 0 Å². The summed E-state index contributed by atoms with van der Waals surface area (Å²) in [7, 11) is -0.779. The number of rotatable bonds is 5. The molecule has 21 heavy (non-hydrogen) atoms. The number of hydrogen-bond acceptors (Lipinski definition) is 5. The van der Waals surface area contributed by atoms with E-state index >= 15 is 0 Å². The molecule has 6 heteroatoms. The van der Waals surface area contributed by atoms with Gasteiger partial charge in [0.05, 0.1) is 23.7 Å². The van der Waals surface area contributed by atoms with Gasteiger partial charge in [0.1, 0.15) is 0 Å². The topological polar surface area (TPSA) is 58.6 Å². The van der Waals surface area contributed by atoms with Gasteiger partial charge >= 0.3 is 0 Å². The molecule has 0 radical (unpaired) electrons. The Kier molecular flexibility index (Phi) is 5.34. The fourth-order valence-corrected chi connectivity index (χ4v) is 4.88. The molecular weight excluding hydrogens is 288 g/mol. The minimum absolute atomic E-state index is 0.121. The first kappa shape index (κ1) is 17.2. The lowest BCUT2D eigenvalue weighted by molar-refractivity contribution is 0.0199. The zero-order valence-electron chi connectivity index (χ0n) is 13.8. The summed E-state index contributed by atoms with van der Waals surface area (Å²) in [5.41, 5.74) is 0.121. The van der Waals surface area contributed by atoms with Gasteiger partial charge in [0.15, 0.2) is 9.84 Å². The third-order valence-corrected chi connectivity index (χ3v) is 6.13. The van der Waals surface area contributed by atoms with Gasteiger partial charge in [-0.25, -0.2) is 8.42 Å². The number of ether oxygens (including phenoxy) is 1. The summed E-state index contributed by atoms with van der Waals surface area (Å²) in [5, 5.41) is 3.49. The highest BCUT2D eigenvalue weighted by Crippen LogP contribution is 2.23. The van der Waals surface area contributed by atoms with Gasteiger partial charge < -0.3 is 10.1 Å². The fraction of sp³-hybridized carbons (Fsp3) is 1.00. The van der Waals surface area contributed by atoms with Gasteiger partial charge in [-0.1, -0.05) is 0 Å². The standard InChI is InChI=1S/C15H30N2O3S/c1-15(2,3)16-9-13-5-6-14(20-13)10-17(4)12-7-8-21(18,19)11-12/h12-14,16H,5-11H2,1-4H3. The highest BCUT2D eigenvalue weighted by Gasteiger charge is 2.33. The second-order valence-electron chi connectivity index (χ2n) is 7.58. The molecule has 2 heterocycles. The van der Waals surface area contributed by atoms with E-state index in [9.17, 15) is 8.42 Å². The maximum absolute atomic E-state index is 11.5. The van der Waals surface area contributed by atoms with E-state index in [4.69, 9.17) is 4.74 Å². The molecule has 0 aromatic rings. The van der Waals surface area contributed by atoms with Crippen molar-refractivity contribution in [1.82, 2.24) is 10.2 Å². The minimum Gasteiger partial charge on any atom is -0.372 e. The second-order valence-corrected chi connectivity index (χ2v) is 9.81. The maximum atomic E-state index is 11.5. The SMILES string of the molecule is CN(CC1CCC(CNC(C)(C)C)O1)C1CCS(=O)(=O)C1. The molecule has 0 bridgehead atoms.